The Bertz CT molecular complexity index is 1520. The number of ether oxygens (including phenoxy) is 1. The molecule has 7 heteroatoms. The van der Waals surface area contributed by atoms with Gasteiger partial charge in [-0.3, -0.25) is 0 Å². The lowest BCUT2D eigenvalue weighted by molar-refractivity contribution is 0.415. The summed E-state index contributed by atoms with van der Waals surface area (Å²) in [6, 6.07) is 27.3. The Kier molecular flexibility index (Phi) is 5.43. The molecule has 0 aliphatic carbocycles. The van der Waals surface area contributed by atoms with E-state index in [4.69, 9.17) is 35.8 Å². The highest BCUT2D eigenvalue weighted by Gasteiger charge is 2.34. The summed E-state index contributed by atoms with van der Waals surface area (Å²) >= 11 is 6.34. The second kappa shape index (κ2) is 8.89. The highest BCUT2D eigenvalue weighted by atomic mass is 35.5. The van der Waals surface area contributed by atoms with E-state index < -0.39 is 0 Å². The van der Waals surface area contributed by atoms with Crippen molar-refractivity contribution in [1.82, 2.24) is 9.97 Å². The number of halogens is 1. The number of methoxy groups -OCH3 is 1. The number of hydrogen-bond acceptors (Lipinski definition) is 6. The van der Waals surface area contributed by atoms with Gasteiger partial charge in [-0.15, -0.1) is 0 Å². The van der Waals surface area contributed by atoms with Crippen molar-refractivity contribution in [2.75, 3.05) is 12.1 Å². The van der Waals surface area contributed by atoms with Crippen molar-refractivity contribution in [2.24, 2.45) is 5.10 Å². The zero-order valence-corrected chi connectivity index (χ0v) is 19.7. The molecule has 3 aromatic carbocycles. The third-order valence-electron chi connectivity index (χ3n) is 6.10. The molecule has 2 aromatic heterocycles. The maximum Gasteiger partial charge on any atom is 0.248 e. The summed E-state index contributed by atoms with van der Waals surface area (Å²) in [6.07, 6.45) is 2.33. The van der Waals surface area contributed by atoms with Crippen LogP contribution < -0.4 is 9.75 Å². The summed E-state index contributed by atoms with van der Waals surface area (Å²) in [5, 5.41) is 8.37. The Morgan fingerprint density at radius 3 is 2.49 bits per heavy atom. The van der Waals surface area contributed by atoms with Gasteiger partial charge in [-0.05, 0) is 60.2 Å². The maximum absolute atomic E-state index is 6.34. The standard InChI is InChI=1S/C28H21ClN4O2/c1-34-21-12-9-18(10-13-21)24-17-25(26-8-5-15-35-26)33(32-24)28-30-23-14-11-20(29)16-22(23)27(31-28)19-6-3-2-4-7-19/h2-16,25H,17H2,1H3/t25-/m0/s1. The summed E-state index contributed by atoms with van der Waals surface area (Å²) in [5.41, 5.74) is 4.52. The molecule has 172 valence electrons. The zero-order valence-electron chi connectivity index (χ0n) is 18.9. The second-order valence-corrected chi connectivity index (χ2v) is 8.69. The molecule has 1 aliphatic rings. The first kappa shape index (κ1) is 21.4. The summed E-state index contributed by atoms with van der Waals surface area (Å²) < 4.78 is 11.1. The van der Waals surface area contributed by atoms with Crippen molar-refractivity contribution >= 4 is 34.2 Å². The molecule has 6 rings (SSSR count). The van der Waals surface area contributed by atoms with E-state index >= 15 is 0 Å². The van der Waals surface area contributed by atoms with Crippen LogP contribution in [0.2, 0.25) is 5.02 Å². The van der Waals surface area contributed by atoms with Gasteiger partial charge in [0.05, 0.1) is 30.3 Å². The number of hydrazone groups is 1. The molecular formula is C28H21ClN4O2. The second-order valence-electron chi connectivity index (χ2n) is 8.25. The van der Waals surface area contributed by atoms with E-state index in [0.717, 1.165) is 44.9 Å². The van der Waals surface area contributed by atoms with E-state index in [9.17, 15) is 0 Å². The van der Waals surface area contributed by atoms with Gasteiger partial charge in [-0.25, -0.2) is 15.0 Å². The molecule has 3 heterocycles. The fraction of sp³-hybridized carbons (Fsp3) is 0.107. The van der Waals surface area contributed by atoms with E-state index in [1.54, 1.807) is 13.4 Å². The number of nitrogens with zero attached hydrogens (tertiary/aromatic N) is 4. The first-order valence-corrected chi connectivity index (χ1v) is 11.6. The molecule has 0 fully saturated rings. The van der Waals surface area contributed by atoms with Crippen molar-refractivity contribution in [2.45, 2.75) is 12.5 Å². The molecule has 0 spiro atoms. The first-order valence-electron chi connectivity index (χ1n) is 11.3. The average molecular weight is 481 g/mol. The minimum absolute atomic E-state index is 0.171. The fourth-order valence-corrected chi connectivity index (χ4v) is 4.53. The lowest BCUT2D eigenvalue weighted by Crippen LogP contribution is -2.20. The average Bonchev–Trinajstić information content (AvgIpc) is 3.59. The predicted octanol–water partition coefficient (Wildman–Crippen LogP) is 6.91. The van der Waals surface area contributed by atoms with Crippen molar-refractivity contribution in [3.05, 3.63) is 108 Å². The normalized spacial score (nSPS) is 15.4. The van der Waals surface area contributed by atoms with Crippen LogP contribution in [-0.2, 0) is 0 Å². The zero-order chi connectivity index (χ0) is 23.8. The van der Waals surface area contributed by atoms with Gasteiger partial charge >= 0.3 is 0 Å². The predicted molar refractivity (Wildman–Crippen MR) is 138 cm³/mol. The van der Waals surface area contributed by atoms with Crippen LogP contribution in [0.25, 0.3) is 22.2 Å². The minimum Gasteiger partial charge on any atom is -0.497 e. The number of benzene rings is 3. The van der Waals surface area contributed by atoms with Gasteiger partial charge in [0.2, 0.25) is 5.95 Å². The van der Waals surface area contributed by atoms with E-state index in [0.29, 0.717) is 17.4 Å². The summed E-state index contributed by atoms with van der Waals surface area (Å²) in [7, 11) is 1.66. The van der Waals surface area contributed by atoms with Crippen LogP contribution in [0.3, 0.4) is 0 Å². The number of hydrogen-bond donors (Lipinski definition) is 0. The Morgan fingerprint density at radius 1 is 0.914 bits per heavy atom. The molecule has 0 saturated carbocycles. The van der Waals surface area contributed by atoms with Gasteiger partial charge in [-0.2, -0.15) is 5.10 Å². The van der Waals surface area contributed by atoms with Gasteiger partial charge in [0.25, 0.3) is 0 Å². The molecule has 1 aliphatic heterocycles. The monoisotopic (exact) mass is 480 g/mol. The van der Waals surface area contributed by atoms with Gasteiger partial charge < -0.3 is 9.15 Å². The van der Waals surface area contributed by atoms with E-state index in [1.165, 1.54) is 0 Å². The van der Waals surface area contributed by atoms with Crippen LogP contribution in [0.15, 0.2) is 101 Å². The topological polar surface area (TPSA) is 63.8 Å². The van der Waals surface area contributed by atoms with E-state index in [1.807, 2.05) is 89.9 Å². The number of anilines is 1. The fourth-order valence-electron chi connectivity index (χ4n) is 4.36. The maximum atomic E-state index is 6.34. The number of fused-ring (bicyclic) bond motifs is 1. The van der Waals surface area contributed by atoms with Crippen LogP contribution >= 0.6 is 11.6 Å². The molecule has 0 N–H and O–H groups in total. The lowest BCUT2D eigenvalue weighted by Gasteiger charge is -2.21. The van der Waals surface area contributed by atoms with Gasteiger partial charge in [0.15, 0.2) is 0 Å². The molecule has 1 atom stereocenters. The van der Waals surface area contributed by atoms with Gasteiger partial charge in [-0.1, -0.05) is 41.9 Å². The first-order chi connectivity index (χ1) is 17.2. The molecule has 0 bridgehead atoms. The Balaban J connectivity index is 1.51. The van der Waals surface area contributed by atoms with Crippen LogP contribution in [0.1, 0.15) is 23.8 Å². The van der Waals surface area contributed by atoms with Gasteiger partial charge in [0.1, 0.15) is 17.6 Å². The molecule has 0 amide bonds. The van der Waals surface area contributed by atoms with E-state index in [2.05, 4.69) is 0 Å². The molecule has 6 nitrogen and oxygen atoms in total. The van der Waals surface area contributed by atoms with Crippen molar-refractivity contribution in [1.29, 1.82) is 0 Å². The van der Waals surface area contributed by atoms with Crippen molar-refractivity contribution in [3.63, 3.8) is 0 Å². The SMILES string of the molecule is COc1ccc(C2=NN(c3nc(-c4ccccc4)c4cc(Cl)ccc4n3)[C@H](c3ccco3)C2)cc1. The smallest absolute Gasteiger partial charge is 0.248 e. The summed E-state index contributed by atoms with van der Waals surface area (Å²) in [5.74, 6) is 2.11. The van der Waals surface area contributed by atoms with Crippen molar-refractivity contribution in [3.8, 4) is 17.0 Å². The number of furan rings is 1. The largest absolute Gasteiger partial charge is 0.497 e. The minimum atomic E-state index is -0.171. The quantitative estimate of drug-likeness (QED) is 0.273. The number of rotatable bonds is 5. The highest BCUT2D eigenvalue weighted by Crippen LogP contribution is 2.38. The van der Waals surface area contributed by atoms with E-state index in [-0.39, 0.29) is 6.04 Å². The molecule has 0 unspecified atom stereocenters. The number of aromatic nitrogens is 2. The molecule has 35 heavy (non-hydrogen) atoms. The lowest BCUT2D eigenvalue weighted by atomic mass is 10.0. The third-order valence-corrected chi connectivity index (χ3v) is 6.34. The van der Waals surface area contributed by atoms with Crippen LogP contribution in [0.5, 0.6) is 5.75 Å². The summed E-state index contributed by atoms with van der Waals surface area (Å²) in [6.45, 7) is 0. The third kappa shape index (κ3) is 4.02. The molecular weight excluding hydrogens is 460 g/mol. The molecule has 0 saturated heterocycles. The molecule has 5 aromatic rings. The van der Waals surface area contributed by atoms with Crippen LogP contribution in [0.4, 0.5) is 5.95 Å². The summed E-state index contributed by atoms with van der Waals surface area (Å²) in [4.78, 5) is 9.88. The Labute approximate surface area is 207 Å². The Morgan fingerprint density at radius 2 is 1.74 bits per heavy atom. The van der Waals surface area contributed by atoms with Crippen LogP contribution in [-0.4, -0.2) is 22.8 Å². The van der Waals surface area contributed by atoms with Gasteiger partial charge in [0, 0.05) is 22.4 Å². The molecule has 0 radical (unpaired) electrons. The Hall–Kier alpha value is -4.16. The highest BCUT2D eigenvalue weighted by molar-refractivity contribution is 6.31. The van der Waals surface area contributed by atoms with Crippen LogP contribution in [0, 0.1) is 0 Å². The van der Waals surface area contributed by atoms with Crippen molar-refractivity contribution < 1.29 is 9.15 Å².